The Morgan fingerprint density at radius 1 is 1.38 bits per heavy atom. The first kappa shape index (κ1) is 14.4. The Labute approximate surface area is 126 Å². The topological polar surface area (TPSA) is 45.2 Å². The van der Waals surface area contributed by atoms with Gasteiger partial charge in [0.1, 0.15) is 5.82 Å². The summed E-state index contributed by atoms with van der Waals surface area (Å²) >= 11 is 0. The molecule has 0 aliphatic heterocycles. The van der Waals surface area contributed by atoms with Crippen LogP contribution < -0.4 is 10.2 Å². The van der Waals surface area contributed by atoms with Crippen molar-refractivity contribution in [1.82, 2.24) is 10.3 Å². The van der Waals surface area contributed by atoms with Gasteiger partial charge in [-0.3, -0.25) is 4.79 Å². The number of pyridine rings is 1. The first-order valence-electron chi connectivity index (χ1n) is 8.05. The van der Waals surface area contributed by atoms with Crippen LogP contribution in [0.15, 0.2) is 18.3 Å². The second kappa shape index (κ2) is 6.04. The van der Waals surface area contributed by atoms with E-state index in [0.29, 0.717) is 5.56 Å². The molecule has 1 aromatic rings. The lowest BCUT2D eigenvalue weighted by molar-refractivity contribution is 0.0950. The van der Waals surface area contributed by atoms with Crippen molar-refractivity contribution in [3.63, 3.8) is 0 Å². The van der Waals surface area contributed by atoms with E-state index in [4.69, 9.17) is 0 Å². The highest BCUT2D eigenvalue weighted by atomic mass is 16.1. The van der Waals surface area contributed by atoms with E-state index < -0.39 is 0 Å². The highest BCUT2D eigenvalue weighted by molar-refractivity contribution is 5.98. The zero-order valence-electron chi connectivity index (χ0n) is 13.0. The molecule has 1 aromatic heterocycles. The van der Waals surface area contributed by atoms with Gasteiger partial charge < -0.3 is 10.2 Å². The second-order valence-electron chi connectivity index (χ2n) is 6.75. The van der Waals surface area contributed by atoms with Gasteiger partial charge in [-0.25, -0.2) is 4.98 Å². The number of anilines is 1. The van der Waals surface area contributed by atoms with E-state index in [1.54, 1.807) is 6.20 Å². The largest absolute Gasteiger partial charge is 0.362 e. The van der Waals surface area contributed by atoms with Gasteiger partial charge in [0.15, 0.2) is 0 Å². The molecule has 2 aliphatic carbocycles. The summed E-state index contributed by atoms with van der Waals surface area (Å²) < 4.78 is 0. The van der Waals surface area contributed by atoms with Crippen LogP contribution in [0.4, 0.5) is 5.82 Å². The smallest absolute Gasteiger partial charge is 0.255 e. The van der Waals surface area contributed by atoms with Gasteiger partial charge in [-0.15, -0.1) is 0 Å². The number of hydrogen-bond acceptors (Lipinski definition) is 3. The molecule has 2 fully saturated rings. The molecule has 1 amide bonds. The molecule has 21 heavy (non-hydrogen) atoms. The van der Waals surface area contributed by atoms with Gasteiger partial charge in [0.05, 0.1) is 5.56 Å². The molecule has 0 spiro atoms. The normalized spacial score (nSPS) is 26.9. The Bertz CT molecular complexity index is 515. The fraction of sp³-hybridized carbons (Fsp3) is 0.647. The van der Waals surface area contributed by atoms with Crippen LogP contribution in [-0.2, 0) is 0 Å². The van der Waals surface area contributed by atoms with E-state index in [9.17, 15) is 4.79 Å². The van der Waals surface area contributed by atoms with Crippen molar-refractivity contribution in [2.45, 2.75) is 32.1 Å². The predicted octanol–water partition coefficient (Wildman–Crippen LogP) is 2.70. The first-order chi connectivity index (χ1) is 10.1. The van der Waals surface area contributed by atoms with Crippen molar-refractivity contribution in [3.8, 4) is 0 Å². The summed E-state index contributed by atoms with van der Waals surface area (Å²) in [6.07, 6.45) is 8.53. The number of aromatic nitrogens is 1. The number of amides is 1. The van der Waals surface area contributed by atoms with Crippen LogP contribution in [0, 0.1) is 17.8 Å². The van der Waals surface area contributed by atoms with E-state index in [-0.39, 0.29) is 5.91 Å². The van der Waals surface area contributed by atoms with Crippen molar-refractivity contribution >= 4 is 11.7 Å². The molecule has 2 saturated carbocycles. The third kappa shape index (κ3) is 3.04. The summed E-state index contributed by atoms with van der Waals surface area (Å²) in [5.41, 5.74) is 0.662. The number of nitrogens with zero attached hydrogens (tertiary/aromatic N) is 2. The Morgan fingerprint density at radius 3 is 2.90 bits per heavy atom. The maximum Gasteiger partial charge on any atom is 0.255 e. The monoisotopic (exact) mass is 287 g/mol. The lowest BCUT2D eigenvalue weighted by atomic mass is 9.86. The lowest BCUT2D eigenvalue weighted by Gasteiger charge is -2.21. The molecule has 0 radical (unpaired) electrons. The average molecular weight is 287 g/mol. The molecule has 3 rings (SSSR count). The highest BCUT2D eigenvalue weighted by Crippen LogP contribution is 2.49. The van der Waals surface area contributed by atoms with Gasteiger partial charge in [0.2, 0.25) is 0 Å². The fourth-order valence-electron chi connectivity index (χ4n) is 4.13. The van der Waals surface area contributed by atoms with Crippen LogP contribution in [-0.4, -0.2) is 31.5 Å². The summed E-state index contributed by atoms with van der Waals surface area (Å²) in [7, 11) is 3.82. The number of carbonyl (C=O) groups is 1. The predicted molar refractivity (Wildman–Crippen MR) is 84.5 cm³/mol. The van der Waals surface area contributed by atoms with Gasteiger partial charge in [0.25, 0.3) is 5.91 Å². The summed E-state index contributed by atoms with van der Waals surface area (Å²) in [4.78, 5) is 18.5. The van der Waals surface area contributed by atoms with Crippen LogP contribution in [0.5, 0.6) is 0 Å². The number of fused-ring (bicyclic) bond motifs is 2. The molecule has 1 N–H and O–H groups in total. The molecule has 0 saturated heterocycles. The third-order valence-corrected chi connectivity index (χ3v) is 5.14. The van der Waals surface area contributed by atoms with Crippen LogP contribution in [0.1, 0.15) is 42.5 Å². The number of carbonyl (C=O) groups excluding carboxylic acids is 1. The Balaban J connectivity index is 1.53. The zero-order valence-corrected chi connectivity index (χ0v) is 13.0. The van der Waals surface area contributed by atoms with Crippen LogP contribution >= 0.6 is 0 Å². The maximum atomic E-state index is 12.3. The summed E-state index contributed by atoms with van der Waals surface area (Å²) in [6.45, 7) is 0.786. The van der Waals surface area contributed by atoms with E-state index in [0.717, 1.165) is 36.5 Å². The minimum atomic E-state index is -0.00467. The minimum absolute atomic E-state index is 0.00467. The van der Waals surface area contributed by atoms with Crippen molar-refractivity contribution in [2.24, 2.45) is 17.8 Å². The van der Waals surface area contributed by atoms with Crippen molar-refractivity contribution in [3.05, 3.63) is 23.9 Å². The van der Waals surface area contributed by atoms with Crippen molar-refractivity contribution < 1.29 is 4.79 Å². The summed E-state index contributed by atoms with van der Waals surface area (Å²) in [5, 5.41) is 3.07. The molecule has 3 atom stereocenters. The molecular formula is C17H25N3O. The third-order valence-electron chi connectivity index (χ3n) is 5.14. The number of nitrogens with one attached hydrogen (secondary N) is 1. The summed E-state index contributed by atoms with van der Waals surface area (Å²) in [6, 6.07) is 3.66. The number of rotatable bonds is 5. The highest BCUT2D eigenvalue weighted by Gasteiger charge is 2.38. The van der Waals surface area contributed by atoms with Gasteiger partial charge in [-0.05, 0) is 55.6 Å². The quantitative estimate of drug-likeness (QED) is 0.905. The van der Waals surface area contributed by atoms with E-state index >= 15 is 0 Å². The van der Waals surface area contributed by atoms with Crippen LogP contribution in [0.25, 0.3) is 0 Å². The molecule has 114 valence electrons. The van der Waals surface area contributed by atoms with Gasteiger partial charge in [0, 0.05) is 26.8 Å². The average Bonchev–Trinajstić information content (AvgIpc) is 3.09. The molecular weight excluding hydrogens is 262 g/mol. The van der Waals surface area contributed by atoms with E-state index in [2.05, 4.69) is 10.3 Å². The van der Waals surface area contributed by atoms with E-state index in [1.165, 1.54) is 25.7 Å². The molecule has 4 heteroatoms. The van der Waals surface area contributed by atoms with Gasteiger partial charge in [-0.2, -0.15) is 0 Å². The summed E-state index contributed by atoms with van der Waals surface area (Å²) in [5.74, 6) is 3.48. The first-order valence-corrected chi connectivity index (χ1v) is 8.05. The number of hydrogen-bond donors (Lipinski definition) is 1. The molecule has 4 nitrogen and oxygen atoms in total. The second-order valence-corrected chi connectivity index (χ2v) is 6.75. The fourth-order valence-corrected chi connectivity index (χ4v) is 4.13. The van der Waals surface area contributed by atoms with Gasteiger partial charge >= 0.3 is 0 Å². The Morgan fingerprint density at radius 2 is 2.24 bits per heavy atom. The molecule has 0 unspecified atom stereocenters. The zero-order chi connectivity index (χ0) is 14.8. The van der Waals surface area contributed by atoms with Crippen LogP contribution in [0.2, 0.25) is 0 Å². The SMILES string of the molecule is CN(C)c1ncccc1C(=O)NCC[C@H]1C[C@H]2CC[C@H]1C2. The Kier molecular flexibility index (Phi) is 4.13. The van der Waals surface area contributed by atoms with Crippen molar-refractivity contribution in [1.29, 1.82) is 0 Å². The van der Waals surface area contributed by atoms with Crippen molar-refractivity contribution in [2.75, 3.05) is 25.5 Å². The molecule has 2 bridgehead atoms. The maximum absolute atomic E-state index is 12.3. The molecule has 0 aromatic carbocycles. The Hall–Kier alpha value is -1.58. The molecule has 2 aliphatic rings. The van der Waals surface area contributed by atoms with E-state index in [1.807, 2.05) is 31.1 Å². The standard InChI is InChI=1S/C17H25N3O/c1-20(2)16-15(4-3-8-18-16)17(21)19-9-7-14-11-12-5-6-13(14)10-12/h3-4,8,12-14H,5-7,9-11H2,1-2H3,(H,19,21)/t12-,13-,14-/m0/s1. The molecule has 1 heterocycles. The minimum Gasteiger partial charge on any atom is -0.362 e. The van der Waals surface area contributed by atoms with Crippen LogP contribution in [0.3, 0.4) is 0 Å². The van der Waals surface area contributed by atoms with Gasteiger partial charge in [-0.1, -0.05) is 6.42 Å². The lowest BCUT2D eigenvalue weighted by Crippen LogP contribution is -2.29.